The van der Waals surface area contributed by atoms with Crippen LogP contribution in [0.5, 0.6) is 11.5 Å². The minimum absolute atomic E-state index is 0.0271. The minimum atomic E-state index is -1.18. The maximum absolute atomic E-state index is 13.1. The fourth-order valence-electron chi connectivity index (χ4n) is 4.24. The molecule has 0 saturated carbocycles. The molecule has 0 heterocycles. The van der Waals surface area contributed by atoms with Gasteiger partial charge in [0.15, 0.2) is 0 Å². The minimum Gasteiger partial charge on any atom is -0.461 e. The molecule has 12 nitrogen and oxygen atoms in total. The summed E-state index contributed by atoms with van der Waals surface area (Å²) in [6, 6.07) is 27.5. The highest BCUT2D eigenvalue weighted by Gasteiger charge is 2.27. The van der Waals surface area contributed by atoms with Crippen LogP contribution in [0.3, 0.4) is 0 Å². The van der Waals surface area contributed by atoms with E-state index in [0.29, 0.717) is 11.5 Å². The van der Waals surface area contributed by atoms with Crippen molar-refractivity contribution in [1.29, 1.82) is 0 Å². The summed E-state index contributed by atoms with van der Waals surface area (Å²) >= 11 is 0. The number of hydrogen-bond donors (Lipinski definition) is 2. The second-order valence-electron chi connectivity index (χ2n) is 10.4. The van der Waals surface area contributed by atoms with Crippen LogP contribution in [0.25, 0.3) is 0 Å². The number of nitro groups is 1. The molecule has 2 N–H and O–H groups in total. The number of ether oxygens (including phenoxy) is 3. The van der Waals surface area contributed by atoms with Crippen LogP contribution in [0.4, 0.5) is 5.69 Å². The quantitative estimate of drug-likeness (QED) is 0.100. The number of carbonyl (C=O) groups excluding carboxylic acids is 4. The lowest BCUT2D eigenvalue weighted by Crippen LogP contribution is -2.50. The number of nitrogens with zero attached hydrogens (tertiary/aromatic N) is 1. The summed E-state index contributed by atoms with van der Waals surface area (Å²) in [6.45, 7) is 1.50. The Kier molecular flexibility index (Phi) is 12.1. The van der Waals surface area contributed by atoms with Gasteiger partial charge < -0.3 is 24.8 Å². The molecule has 2 atom stereocenters. The first-order chi connectivity index (χ1) is 22.7. The lowest BCUT2D eigenvalue weighted by Gasteiger charge is -2.20. The zero-order chi connectivity index (χ0) is 33.6. The van der Waals surface area contributed by atoms with Gasteiger partial charge >= 0.3 is 11.9 Å². The molecule has 0 saturated heterocycles. The van der Waals surface area contributed by atoms with Crippen molar-refractivity contribution in [3.05, 3.63) is 136 Å². The molecule has 2 amide bonds. The second kappa shape index (κ2) is 16.9. The van der Waals surface area contributed by atoms with Crippen LogP contribution in [0.15, 0.2) is 109 Å². The smallest absolute Gasteiger partial charge is 0.328 e. The predicted molar refractivity (Wildman–Crippen MR) is 170 cm³/mol. The number of nitro benzene ring substituents is 1. The first-order valence-electron chi connectivity index (χ1n) is 14.7. The number of carbonyl (C=O) groups is 4. The Hall–Kier alpha value is -6.04. The number of benzene rings is 4. The molecule has 0 aliphatic rings. The zero-order valence-corrected chi connectivity index (χ0v) is 25.5. The van der Waals surface area contributed by atoms with Crippen molar-refractivity contribution in [2.45, 2.75) is 45.1 Å². The molecule has 0 bridgehead atoms. The average molecular weight is 640 g/mol. The highest BCUT2D eigenvalue weighted by molar-refractivity contribution is 5.98. The maximum Gasteiger partial charge on any atom is 0.328 e. The number of hydrogen-bond acceptors (Lipinski definition) is 9. The van der Waals surface area contributed by atoms with Gasteiger partial charge in [-0.25, -0.2) is 4.79 Å². The third-order valence-electron chi connectivity index (χ3n) is 6.85. The number of nitrogens with one attached hydrogen (secondary N) is 2. The standard InChI is InChI=1S/C35H33N3O9/c1-24(36-34(41)27-12-16-29(17-13-27)47-30-18-14-28(15-19-30)38(43)44)33(40)37-31(35(42)46-23-26-10-6-3-7-11-26)20-21-32(39)45-22-25-8-4-2-5-9-25/h2-19,24,31H,20-23H2,1H3,(H,36,41)(H,37,40)/t24-,31-/m0/s1. The van der Waals surface area contributed by atoms with E-state index in [2.05, 4.69) is 10.6 Å². The summed E-state index contributed by atoms with van der Waals surface area (Å²) in [6.07, 6.45) is -0.239. The summed E-state index contributed by atoms with van der Waals surface area (Å²) in [5.74, 6) is -1.73. The van der Waals surface area contributed by atoms with Gasteiger partial charge in [-0.3, -0.25) is 24.5 Å². The van der Waals surface area contributed by atoms with Crippen molar-refractivity contribution in [2.24, 2.45) is 0 Å². The van der Waals surface area contributed by atoms with Crippen molar-refractivity contribution in [1.82, 2.24) is 10.6 Å². The number of esters is 2. The monoisotopic (exact) mass is 639 g/mol. The van der Waals surface area contributed by atoms with Crippen LogP contribution in [0.1, 0.15) is 41.3 Å². The molecule has 4 rings (SSSR count). The second-order valence-corrected chi connectivity index (χ2v) is 10.4. The SMILES string of the molecule is C[C@H](NC(=O)c1ccc(Oc2ccc([N+](=O)[O-])cc2)cc1)C(=O)N[C@@H](CCC(=O)OCc1ccccc1)C(=O)OCc1ccccc1. The molecule has 4 aromatic carbocycles. The molecule has 0 aromatic heterocycles. The average Bonchev–Trinajstić information content (AvgIpc) is 3.09. The van der Waals surface area contributed by atoms with Crippen molar-refractivity contribution < 1.29 is 38.3 Å². The van der Waals surface area contributed by atoms with E-state index in [-0.39, 0.29) is 37.3 Å². The molecule has 12 heteroatoms. The van der Waals surface area contributed by atoms with Gasteiger partial charge in [0.05, 0.1) is 4.92 Å². The van der Waals surface area contributed by atoms with E-state index in [4.69, 9.17) is 14.2 Å². The Morgan fingerprint density at radius 1 is 0.723 bits per heavy atom. The number of non-ortho nitro benzene ring substituents is 1. The van der Waals surface area contributed by atoms with E-state index >= 15 is 0 Å². The molecule has 47 heavy (non-hydrogen) atoms. The number of amides is 2. The van der Waals surface area contributed by atoms with Gasteiger partial charge in [-0.1, -0.05) is 60.7 Å². The van der Waals surface area contributed by atoms with E-state index in [1.807, 2.05) is 36.4 Å². The zero-order valence-electron chi connectivity index (χ0n) is 25.5. The largest absolute Gasteiger partial charge is 0.461 e. The highest BCUT2D eigenvalue weighted by atomic mass is 16.6. The third-order valence-corrected chi connectivity index (χ3v) is 6.85. The van der Waals surface area contributed by atoms with Crippen LogP contribution in [0, 0.1) is 10.1 Å². The highest BCUT2D eigenvalue weighted by Crippen LogP contribution is 2.24. The number of rotatable bonds is 15. The van der Waals surface area contributed by atoms with E-state index < -0.39 is 40.8 Å². The molecule has 0 radical (unpaired) electrons. The first-order valence-corrected chi connectivity index (χ1v) is 14.7. The molecule has 0 fully saturated rings. The van der Waals surface area contributed by atoms with E-state index in [1.54, 1.807) is 24.3 Å². The van der Waals surface area contributed by atoms with Gasteiger partial charge in [0.2, 0.25) is 5.91 Å². The molecular weight excluding hydrogens is 606 g/mol. The third kappa shape index (κ3) is 10.8. The maximum atomic E-state index is 13.1. The normalized spacial score (nSPS) is 11.8. The summed E-state index contributed by atoms with van der Waals surface area (Å²) in [5.41, 5.74) is 1.72. The Morgan fingerprint density at radius 3 is 1.81 bits per heavy atom. The summed E-state index contributed by atoms with van der Waals surface area (Å²) in [5, 5.41) is 16.0. The van der Waals surface area contributed by atoms with Gasteiger partial charge in [-0.2, -0.15) is 0 Å². The summed E-state index contributed by atoms with van der Waals surface area (Å²) < 4.78 is 16.4. The Morgan fingerprint density at radius 2 is 1.26 bits per heavy atom. The van der Waals surface area contributed by atoms with E-state index in [0.717, 1.165) is 11.1 Å². The van der Waals surface area contributed by atoms with E-state index in [9.17, 15) is 29.3 Å². The lowest BCUT2D eigenvalue weighted by molar-refractivity contribution is -0.384. The van der Waals surface area contributed by atoms with Gasteiger partial charge in [0.1, 0.15) is 36.8 Å². The Balaban J connectivity index is 1.32. The van der Waals surface area contributed by atoms with Crippen LogP contribution in [-0.2, 0) is 37.1 Å². The first kappa shape index (κ1) is 33.8. The fourth-order valence-corrected chi connectivity index (χ4v) is 4.24. The fraction of sp³-hybridized carbons (Fsp3) is 0.200. The molecule has 4 aromatic rings. The van der Waals surface area contributed by atoms with Gasteiger partial charge in [-0.15, -0.1) is 0 Å². The van der Waals surface area contributed by atoms with Crippen LogP contribution >= 0.6 is 0 Å². The van der Waals surface area contributed by atoms with Crippen LogP contribution < -0.4 is 15.4 Å². The van der Waals surface area contributed by atoms with Crippen LogP contribution in [0.2, 0.25) is 0 Å². The molecule has 0 spiro atoms. The molecule has 242 valence electrons. The Bertz CT molecular complexity index is 1660. The molecule has 0 aliphatic heterocycles. The van der Waals surface area contributed by atoms with Crippen molar-refractivity contribution in [3.63, 3.8) is 0 Å². The molecular formula is C35H33N3O9. The summed E-state index contributed by atoms with van der Waals surface area (Å²) in [4.78, 5) is 61.7. The molecule has 0 aliphatic carbocycles. The summed E-state index contributed by atoms with van der Waals surface area (Å²) in [7, 11) is 0. The van der Waals surface area contributed by atoms with Crippen molar-refractivity contribution in [2.75, 3.05) is 0 Å². The van der Waals surface area contributed by atoms with Gasteiger partial charge in [0.25, 0.3) is 11.6 Å². The lowest BCUT2D eigenvalue weighted by atomic mass is 10.1. The van der Waals surface area contributed by atoms with Crippen LogP contribution in [-0.4, -0.2) is 40.8 Å². The van der Waals surface area contributed by atoms with Gasteiger partial charge in [-0.05, 0) is 60.9 Å². The molecule has 0 unspecified atom stereocenters. The Labute approximate surface area is 270 Å². The van der Waals surface area contributed by atoms with Crippen molar-refractivity contribution >= 4 is 29.4 Å². The van der Waals surface area contributed by atoms with Gasteiger partial charge in [0, 0.05) is 24.1 Å². The van der Waals surface area contributed by atoms with E-state index in [1.165, 1.54) is 55.5 Å². The predicted octanol–water partition coefficient (Wildman–Crippen LogP) is 5.26. The van der Waals surface area contributed by atoms with Crippen molar-refractivity contribution in [3.8, 4) is 11.5 Å². The topological polar surface area (TPSA) is 163 Å².